The summed E-state index contributed by atoms with van der Waals surface area (Å²) in [4.78, 5) is 4.31. The lowest BCUT2D eigenvalue weighted by molar-refractivity contribution is 0.685. The molecule has 14 heavy (non-hydrogen) atoms. The summed E-state index contributed by atoms with van der Waals surface area (Å²) in [5.41, 5.74) is 0. The van der Waals surface area contributed by atoms with Crippen LogP contribution in [0.4, 0.5) is 0 Å². The van der Waals surface area contributed by atoms with Crippen LogP contribution in [0.5, 0.6) is 0 Å². The Labute approximate surface area is 86.4 Å². The van der Waals surface area contributed by atoms with Crippen molar-refractivity contribution in [1.82, 2.24) is 9.55 Å². The fraction of sp³-hybridized carbons (Fsp3) is 0.583. The summed E-state index contributed by atoms with van der Waals surface area (Å²) >= 11 is 0. The van der Waals surface area contributed by atoms with E-state index >= 15 is 0 Å². The van der Waals surface area contributed by atoms with Crippen molar-refractivity contribution in [1.29, 1.82) is 0 Å². The Bertz CT molecular complexity index is 326. The molecule has 0 unspecified atom stereocenters. The van der Waals surface area contributed by atoms with Gasteiger partial charge < -0.3 is 4.57 Å². The van der Waals surface area contributed by atoms with E-state index in [1.807, 2.05) is 12.4 Å². The van der Waals surface area contributed by atoms with E-state index in [4.69, 9.17) is 0 Å². The fourth-order valence-electron chi connectivity index (χ4n) is 1.31. The molecule has 0 fully saturated rings. The third kappa shape index (κ3) is 2.92. The molecule has 1 aromatic rings. The quantitative estimate of drug-likeness (QED) is 0.670. The van der Waals surface area contributed by atoms with Gasteiger partial charge in [-0.3, -0.25) is 0 Å². The van der Waals surface area contributed by atoms with Crippen LogP contribution >= 0.6 is 0 Å². The Hall–Kier alpha value is -1.23. The van der Waals surface area contributed by atoms with E-state index in [1.54, 1.807) is 0 Å². The molecular weight excluding hydrogens is 172 g/mol. The van der Waals surface area contributed by atoms with Crippen molar-refractivity contribution in [3.8, 4) is 11.8 Å². The zero-order valence-corrected chi connectivity index (χ0v) is 9.25. The number of aromatic nitrogens is 2. The SMILES string of the molecule is CCCC#CCn1ccnc1C(C)C. The minimum absolute atomic E-state index is 0.470. The molecule has 0 bridgehead atoms. The second-order valence-electron chi connectivity index (χ2n) is 3.67. The van der Waals surface area contributed by atoms with Crippen molar-refractivity contribution in [2.45, 2.75) is 46.1 Å². The lowest BCUT2D eigenvalue weighted by Crippen LogP contribution is -2.03. The van der Waals surface area contributed by atoms with Crippen LogP contribution in [-0.2, 0) is 6.54 Å². The van der Waals surface area contributed by atoms with E-state index in [2.05, 4.69) is 42.2 Å². The Morgan fingerprint density at radius 1 is 1.43 bits per heavy atom. The minimum atomic E-state index is 0.470. The highest BCUT2D eigenvalue weighted by atomic mass is 15.1. The molecule has 0 aliphatic rings. The highest BCUT2D eigenvalue weighted by molar-refractivity contribution is 5.04. The number of unbranched alkanes of at least 4 members (excludes halogenated alkanes) is 1. The van der Waals surface area contributed by atoms with Crippen LogP contribution in [0, 0.1) is 11.8 Å². The number of rotatable bonds is 3. The van der Waals surface area contributed by atoms with Gasteiger partial charge in [-0.1, -0.05) is 26.7 Å². The van der Waals surface area contributed by atoms with E-state index in [9.17, 15) is 0 Å². The third-order valence-corrected chi connectivity index (χ3v) is 2.01. The van der Waals surface area contributed by atoms with E-state index in [0.717, 1.165) is 25.2 Å². The Balaban J connectivity index is 2.59. The topological polar surface area (TPSA) is 17.8 Å². The van der Waals surface area contributed by atoms with Gasteiger partial charge in [0.25, 0.3) is 0 Å². The maximum Gasteiger partial charge on any atom is 0.112 e. The average Bonchev–Trinajstić information content (AvgIpc) is 2.60. The van der Waals surface area contributed by atoms with E-state index < -0.39 is 0 Å². The first-order valence-electron chi connectivity index (χ1n) is 5.22. The monoisotopic (exact) mass is 190 g/mol. The van der Waals surface area contributed by atoms with Gasteiger partial charge in [-0.2, -0.15) is 0 Å². The summed E-state index contributed by atoms with van der Waals surface area (Å²) in [6, 6.07) is 0. The molecule has 0 aliphatic heterocycles. The van der Waals surface area contributed by atoms with E-state index in [1.165, 1.54) is 0 Å². The van der Waals surface area contributed by atoms with Gasteiger partial charge in [0.15, 0.2) is 0 Å². The minimum Gasteiger partial charge on any atom is -0.323 e. The van der Waals surface area contributed by atoms with E-state index in [0.29, 0.717) is 5.92 Å². The van der Waals surface area contributed by atoms with Gasteiger partial charge in [-0.15, -0.1) is 5.92 Å². The zero-order chi connectivity index (χ0) is 10.4. The van der Waals surface area contributed by atoms with Crippen LogP contribution in [0.3, 0.4) is 0 Å². The molecule has 1 aromatic heterocycles. The second kappa shape index (κ2) is 5.49. The van der Waals surface area contributed by atoms with Crippen molar-refractivity contribution in [2.75, 3.05) is 0 Å². The van der Waals surface area contributed by atoms with Crippen LogP contribution in [0.25, 0.3) is 0 Å². The van der Waals surface area contributed by atoms with E-state index in [-0.39, 0.29) is 0 Å². The van der Waals surface area contributed by atoms with Crippen LogP contribution in [0.1, 0.15) is 45.4 Å². The smallest absolute Gasteiger partial charge is 0.112 e. The van der Waals surface area contributed by atoms with Gasteiger partial charge >= 0.3 is 0 Å². The Kier molecular flexibility index (Phi) is 4.25. The first kappa shape index (κ1) is 10.8. The van der Waals surface area contributed by atoms with Crippen molar-refractivity contribution in [3.63, 3.8) is 0 Å². The second-order valence-corrected chi connectivity index (χ2v) is 3.67. The number of hydrogen-bond donors (Lipinski definition) is 0. The summed E-state index contributed by atoms with van der Waals surface area (Å²) in [5.74, 6) is 7.89. The first-order valence-corrected chi connectivity index (χ1v) is 5.22. The predicted molar refractivity (Wildman–Crippen MR) is 59.0 cm³/mol. The molecule has 0 amide bonds. The summed E-state index contributed by atoms with van der Waals surface area (Å²) < 4.78 is 2.12. The molecular formula is C12H18N2. The fourth-order valence-corrected chi connectivity index (χ4v) is 1.31. The molecule has 0 aromatic carbocycles. The lowest BCUT2D eigenvalue weighted by Gasteiger charge is -2.06. The van der Waals surface area contributed by atoms with Gasteiger partial charge in [0, 0.05) is 24.7 Å². The van der Waals surface area contributed by atoms with Gasteiger partial charge in [-0.25, -0.2) is 4.98 Å². The summed E-state index contributed by atoms with van der Waals surface area (Å²) in [7, 11) is 0. The summed E-state index contributed by atoms with van der Waals surface area (Å²) in [6.45, 7) is 7.22. The third-order valence-electron chi connectivity index (χ3n) is 2.01. The first-order chi connectivity index (χ1) is 6.75. The highest BCUT2D eigenvalue weighted by Crippen LogP contribution is 2.10. The molecule has 0 saturated heterocycles. The average molecular weight is 190 g/mol. The maximum atomic E-state index is 4.31. The van der Waals surface area contributed by atoms with Crippen molar-refractivity contribution in [2.24, 2.45) is 0 Å². The van der Waals surface area contributed by atoms with Crippen LogP contribution < -0.4 is 0 Å². The largest absolute Gasteiger partial charge is 0.323 e. The van der Waals surface area contributed by atoms with Crippen LogP contribution in [-0.4, -0.2) is 9.55 Å². The highest BCUT2D eigenvalue weighted by Gasteiger charge is 2.04. The molecule has 0 spiro atoms. The molecule has 2 nitrogen and oxygen atoms in total. The Morgan fingerprint density at radius 2 is 2.21 bits per heavy atom. The van der Waals surface area contributed by atoms with Crippen molar-refractivity contribution < 1.29 is 0 Å². The van der Waals surface area contributed by atoms with Gasteiger partial charge in [0.2, 0.25) is 0 Å². The molecule has 76 valence electrons. The Morgan fingerprint density at radius 3 is 2.86 bits per heavy atom. The van der Waals surface area contributed by atoms with Gasteiger partial charge in [-0.05, 0) is 6.42 Å². The summed E-state index contributed by atoms with van der Waals surface area (Å²) in [6.07, 6.45) is 5.96. The number of hydrogen-bond acceptors (Lipinski definition) is 1. The molecule has 0 radical (unpaired) electrons. The maximum absolute atomic E-state index is 4.31. The van der Waals surface area contributed by atoms with Crippen molar-refractivity contribution in [3.05, 3.63) is 18.2 Å². The standard InChI is InChI=1S/C12H18N2/c1-4-5-6-7-9-14-10-8-13-12(14)11(2)3/h8,10-11H,4-5,9H2,1-3H3. The summed E-state index contributed by atoms with van der Waals surface area (Å²) in [5, 5.41) is 0. The predicted octanol–water partition coefficient (Wildman–Crippen LogP) is 2.81. The van der Waals surface area contributed by atoms with Crippen molar-refractivity contribution >= 4 is 0 Å². The van der Waals surface area contributed by atoms with Crippen LogP contribution in [0.2, 0.25) is 0 Å². The molecule has 0 saturated carbocycles. The number of nitrogens with zero attached hydrogens (tertiary/aromatic N) is 2. The molecule has 1 rings (SSSR count). The molecule has 2 heteroatoms. The molecule has 0 N–H and O–H groups in total. The van der Waals surface area contributed by atoms with Gasteiger partial charge in [0.05, 0.1) is 6.54 Å². The molecule has 1 heterocycles. The lowest BCUT2D eigenvalue weighted by atomic mass is 10.2. The normalized spacial score (nSPS) is 10.0. The van der Waals surface area contributed by atoms with Gasteiger partial charge in [0.1, 0.15) is 5.82 Å². The zero-order valence-electron chi connectivity index (χ0n) is 9.25. The van der Waals surface area contributed by atoms with Crippen LogP contribution in [0.15, 0.2) is 12.4 Å². The molecule has 0 aliphatic carbocycles. The molecule has 0 atom stereocenters. The number of imidazole rings is 1.